The lowest BCUT2D eigenvalue weighted by Gasteiger charge is -2.05. The van der Waals surface area contributed by atoms with E-state index in [-0.39, 0.29) is 0 Å². The molecule has 0 atom stereocenters. The molecule has 1 N–H and O–H groups in total. The molecule has 0 saturated carbocycles. The van der Waals surface area contributed by atoms with Crippen molar-refractivity contribution in [2.75, 3.05) is 13.6 Å². The van der Waals surface area contributed by atoms with Crippen molar-refractivity contribution in [1.82, 2.24) is 9.88 Å². The van der Waals surface area contributed by atoms with Crippen molar-refractivity contribution < 1.29 is 0 Å². The minimum atomic E-state index is 1.10. The molecule has 0 unspecified atom stereocenters. The van der Waals surface area contributed by atoms with Gasteiger partial charge in [0.2, 0.25) is 0 Å². The lowest BCUT2D eigenvalue weighted by Crippen LogP contribution is -2.08. The van der Waals surface area contributed by atoms with Crippen molar-refractivity contribution in [3.05, 3.63) is 34.9 Å². The van der Waals surface area contributed by atoms with Crippen LogP contribution in [0.5, 0.6) is 0 Å². The van der Waals surface area contributed by atoms with Gasteiger partial charge in [0.1, 0.15) is 0 Å². The number of hydrogen-bond acceptors (Lipinski definition) is 1. The first-order valence-electron chi connectivity index (χ1n) is 5.71. The Hall–Kier alpha value is -0.800. The van der Waals surface area contributed by atoms with Gasteiger partial charge >= 0.3 is 0 Å². The molecule has 0 radical (unpaired) electrons. The Balaban J connectivity index is 2.10. The molecule has 2 rings (SSSR count). The summed E-state index contributed by atoms with van der Waals surface area (Å²) in [6, 6.07) is 8.54. The minimum Gasteiger partial charge on any atom is -0.347 e. The summed E-state index contributed by atoms with van der Waals surface area (Å²) in [6.45, 7) is 2.20. The second-order valence-corrected chi connectivity index (χ2v) is 4.85. The highest BCUT2D eigenvalue weighted by Crippen LogP contribution is 2.24. The predicted molar refractivity (Wildman–Crippen MR) is 72.8 cm³/mol. The van der Waals surface area contributed by atoms with Gasteiger partial charge in [-0.25, -0.2) is 0 Å². The van der Waals surface area contributed by atoms with Gasteiger partial charge in [0.15, 0.2) is 0 Å². The summed E-state index contributed by atoms with van der Waals surface area (Å²) in [5.41, 5.74) is 1.32. The zero-order valence-electron chi connectivity index (χ0n) is 9.54. The van der Waals surface area contributed by atoms with Gasteiger partial charge < -0.3 is 9.88 Å². The van der Waals surface area contributed by atoms with Gasteiger partial charge in [0.05, 0.1) is 0 Å². The third-order valence-electron chi connectivity index (χ3n) is 2.84. The number of hydrogen-bond donors (Lipinski definition) is 1. The number of nitrogens with one attached hydrogen (secondary N) is 1. The third kappa shape index (κ3) is 2.47. The first-order chi connectivity index (χ1) is 7.83. The van der Waals surface area contributed by atoms with Crippen LogP contribution in [0.3, 0.4) is 0 Å². The molecule has 16 heavy (non-hydrogen) atoms. The average molecular weight is 281 g/mol. The van der Waals surface area contributed by atoms with Crippen LogP contribution in [0.1, 0.15) is 12.8 Å². The molecule has 1 aromatic carbocycles. The molecular weight excluding hydrogens is 264 g/mol. The fourth-order valence-electron chi connectivity index (χ4n) is 1.96. The molecule has 0 saturated heterocycles. The van der Waals surface area contributed by atoms with Crippen LogP contribution in [-0.4, -0.2) is 18.2 Å². The van der Waals surface area contributed by atoms with Crippen molar-refractivity contribution in [2.45, 2.75) is 19.4 Å². The fourth-order valence-corrected chi connectivity index (χ4v) is 2.45. The molecule has 0 amide bonds. The van der Waals surface area contributed by atoms with Crippen LogP contribution in [0, 0.1) is 0 Å². The van der Waals surface area contributed by atoms with E-state index in [1.54, 1.807) is 0 Å². The summed E-state index contributed by atoms with van der Waals surface area (Å²) in [7, 11) is 2.00. The molecule has 1 aromatic heterocycles. The number of unbranched alkanes of at least 4 members (excludes halogenated alkanes) is 1. The monoisotopic (exact) mass is 280 g/mol. The summed E-state index contributed by atoms with van der Waals surface area (Å²) < 4.78 is 3.51. The Morgan fingerprint density at radius 3 is 2.94 bits per heavy atom. The largest absolute Gasteiger partial charge is 0.347 e. The molecule has 0 bridgehead atoms. The topological polar surface area (TPSA) is 17.0 Å². The molecule has 0 spiro atoms. The molecule has 2 nitrogen and oxygen atoms in total. The Labute approximate surface area is 105 Å². The molecular formula is C13H17BrN2. The van der Waals surface area contributed by atoms with Gasteiger partial charge in [0, 0.05) is 28.1 Å². The van der Waals surface area contributed by atoms with Gasteiger partial charge in [-0.05, 0) is 44.6 Å². The second-order valence-electron chi connectivity index (χ2n) is 3.99. The van der Waals surface area contributed by atoms with Crippen molar-refractivity contribution in [3.8, 4) is 0 Å². The van der Waals surface area contributed by atoms with Gasteiger partial charge in [-0.2, -0.15) is 0 Å². The SMILES string of the molecule is CNCCCCn1ccc2c(Br)cccc21. The normalized spacial score (nSPS) is 11.1. The highest BCUT2D eigenvalue weighted by Gasteiger charge is 2.02. The van der Waals surface area contributed by atoms with Gasteiger partial charge in [-0.3, -0.25) is 0 Å². The molecule has 2 aromatic rings. The van der Waals surface area contributed by atoms with Crippen LogP contribution in [0.2, 0.25) is 0 Å². The van der Waals surface area contributed by atoms with Crippen LogP contribution in [-0.2, 0) is 6.54 Å². The summed E-state index contributed by atoms with van der Waals surface area (Å²) in [6.07, 6.45) is 4.62. The highest BCUT2D eigenvalue weighted by molar-refractivity contribution is 9.10. The van der Waals surface area contributed by atoms with Gasteiger partial charge in [-0.15, -0.1) is 0 Å². The van der Waals surface area contributed by atoms with E-state index in [1.807, 2.05) is 7.05 Å². The van der Waals surface area contributed by atoms with E-state index in [2.05, 4.69) is 56.3 Å². The first kappa shape index (κ1) is 11.7. The lowest BCUT2D eigenvalue weighted by atomic mass is 10.2. The lowest BCUT2D eigenvalue weighted by molar-refractivity contribution is 0.603. The standard InChI is InChI=1S/C13H17BrN2/c1-15-8-2-3-9-16-10-7-11-12(14)5-4-6-13(11)16/h4-7,10,15H,2-3,8-9H2,1H3. The summed E-state index contributed by atoms with van der Waals surface area (Å²) >= 11 is 3.58. The van der Waals surface area contributed by atoms with E-state index in [4.69, 9.17) is 0 Å². The number of rotatable bonds is 5. The molecule has 0 fully saturated rings. The third-order valence-corrected chi connectivity index (χ3v) is 3.53. The minimum absolute atomic E-state index is 1.10. The molecule has 0 aliphatic rings. The molecule has 86 valence electrons. The molecule has 0 aliphatic carbocycles. The summed E-state index contributed by atoms with van der Waals surface area (Å²) in [5.74, 6) is 0. The number of fused-ring (bicyclic) bond motifs is 1. The quantitative estimate of drug-likeness (QED) is 0.831. The van der Waals surface area contributed by atoms with Gasteiger partial charge in [-0.1, -0.05) is 22.0 Å². The van der Waals surface area contributed by atoms with Crippen LogP contribution >= 0.6 is 15.9 Å². The molecule has 0 aliphatic heterocycles. The molecule has 1 heterocycles. The Morgan fingerprint density at radius 2 is 2.12 bits per heavy atom. The smallest absolute Gasteiger partial charge is 0.0491 e. The van der Waals surface area contributed by atoms with Crippen molar-refractivity contribution in [3.63, 3.8) is 0 Å². The predicted octanol–water partition coefficient (Wildman–Crippen LogP) is 3.40. The Kier molecular flexibility index (Phi) is 4.02. The zero-order valence-corrected chi connectivity index (χ0v) is 11.1. The Morgan fingerprint density at radius 1 is 1.25 bits per heavy atom. The number of benzene rings is 1. The van der Waals surface area contributed by atoms with Crippen LogP contribution in [0.25, 0.3) is 10.9 Å². The number of nitrogens with zero attached hydrogens (tertiary/aromatic N) is 1. The van der Waals surface area contributed by atoms with E-state index in [1.165, 1.54) is 28.2 Å². The summed E-state index contributed by atoms with van der Waals surface area (Å²) in [5, 5.41) is 4.48. The number of aromatic nitrogens is 1. The van der Waals surface area contributed by atoms with Crippen molar-refractivity contribution >= 4 is 26.8 Å². The fraction of sp³-hybridized carbons (Fsp3) is 0.385. The van der Waals surface area contributed by atoms with Crippen molar-refractivity contribution in [2.24, 2.45) is 0 Å². The van der Waals surface area contributed by atoms with E-state index in [0.717, 1.165) is 13.1 Å². The van der Waals surface area contributed by atoms with Crippen LogP contribution < -0.4 is 5.32 Å². The maximum atomic E-state index is 3.58. The number of aryl methyl sites for hydroxylation is 1. The first-order valence-corrected chi connectivity index (χ1v) is 6.50. The zero-order chi connectivity index (χ0) is 11.4. The summed E-state index contributed by atoms with van der Waals surface area (Å²) in [4.78, 5) is 0. The van der Waals surface area contributed by atoms with E-state index >= 15 is 0 Å². The second kappa shape index (κ2) is 5.51. The van der Waals surface area contributed by atoms with E-state index in [0.29, 0.717) is 0 Å². The van der Waals surface area contributed by atoms with Crippen LogP contribution in [0.15, 0.2) is 34.9 Å². The van der Waals surface area contributed by atoms with Crippen molar-refractivity contribution in [1.29, 1.82) is 0 Å². The average Bonchev–Trinajstić information content (AvgIpc) is 2.70. The maximum Gasteiger partial charge on any atom is 0.0491 e. The van der Waals surface area contributed by atoms with Gasteiger partial charge in [0.25, 0.3) is 0 Å². The van der Waals surface area contributed by atoms with E-state index < -0.39 is 0 Å². The number of halogens is 1. The highest BCUT2D eigenvalue weighted by atomic mass is 79.9. The van der Waals surface area contributed by atoms with E-state index in [9.17, 15) is 0 Å². The van der Waals surface area contributed by atoms with Crippen LogP contribution in [0.4, 0.5) is 0 Å². The molecule has 3 heteroatoms. The maximum absolute atomic E-state index is 3.58. The Bertz CT molecular complexity index is 462.